The van der Waals surface area contributed by atoms with Crippen LogP contribution < -0.4 is 10.6 Å². The summed E-state index contributed by atoms with van der Waals surface area (Å²) in [6.07, 6.45) is 3.70. The zero-order valence-corrected chi connectivity index (χ0v) is 13.2. The molecule has 20 heavy (non-hydrogen) atoms. The first kappa shape index (κ1) is 15.1. The zero-order valence-electron chi connectivity index (χ0n) is 12.4. The van der Waals surface area contributed by atoms with Gasteiger partial charge in [-0.25, -0.2) is 0 Å². The molecule has 0 bridgehead atoms. The number of nitrogens with zero attached hydrogens (tertiary/aromatic N) is 2. The van der Waals surface area contributed by atoms with Gasteiger partial charge in [0.1, 0.15) is 5.84 Å². The summed E-state index contributed by atoms with van der Waals surface area (Å²) in [7, 11) is 6.31. The number of halogens is 1. The van der Waals surface area contributed by atoms with Crippen LogP contribution in [0.3, 0.4) is 0 Å². The highest BCUT2D eigenvalue weighted by molar-refractivity contribution is 6.34. The number of anilines is 1. The van der Waals surface area contributed by atoms with E-state index in [9.17, 15) is 0 Å². The molecule has 1 fully saturated rings. The Morgan fingerprint density at radius 1 is 1.35 bits per heavy atom. The topological polar surface area (TPSA) is 56.4 Å². The second-order valence-corrected chi connectivity index (χ2v) is 6.28. The van der Waals surface area contributed by atoms with E-state index in [0.717, 1.165) is 12.2 Å². The molecule has 1 aromatic carbocycles. The van der Waals surface area contributed by atoms with Gasteiger partial charge in [0.2, 0.25) is 0 Å². The minimum Gasteiger partial charge on any atom is -0.384 e. The highest BCUT2D eigenvalue weighted by Gasteiger charge is 2.40. The van der Waals surface area contributed by atoms with Crippen molar-refractivity contribution in [2.45, 2.75) is 24.8 Å². The van der Waals surface area contributed by atoms with E-state index in [0.29, 0.717) is 10.6 Å². The Bertz CT molecular complexity index is 509. The third kappa shape index (κ3) is 2.63. The predicted octanol–water partition coefficient (Wildman–Crippen LogP) is 2.54. The second-order valence-electron chi connectivity index (χ2n) is 5.88. The van der Waals surface area contributed by atoms with Crippen LogP contribution in [0.15, 0.2) is 18.2 Å². The fourth-order valence-corrected chi connectivity index (χ4v) is 3.23. The molecule has 0 unspecified atom stereocenters. The van der Waals surface area contributed by atoms with Crippen LogP contribution in [-0.2, 0) is 0 Å². The lowest BCUT2D eigenvalue weighted by Gasteiger charge is -2.49. The predicted molar refractivity (Wildman–Crippen MR) is 86.0 cm³/mol. The van der Waals surface area contributed by atoms with Gasteiger partial charge in [-0.3, -0.25) is 5.41 Å². The SMILES string of the molecule is CN(CC1(N(C)C)CCC1)c1cccc(Cl)c1C(=N)N. The van der Waals surface area contributed by atoms with Crippen molar-refractivity contribution in [1.82, 2.24) is 4.90 Å². The van der Waals surface area contributed by atoms with E-state index in [4.69, 9.17) is 22.7 Å². The van der Waals surface area contributed by atoms with Crippen molar-refractivity contribution in [3.8, 4) is 0 Å². The van der Waals surface area contributed by atoms with Gasteiger partial charge >= 0.3 is 0 Å². The molecule has 0 radical (unpaired) electrons. The molecular weight excluding hydrogens is 272 g/mol. The fourth-order valence-electron chi connectivity index (χ4n) is 2.96. The van der Waals surface area contributed by atoms with Crippen LogP contribution in [0.5, 0.6) is 0 Å². The van der Waals surface area contributed by atoms with Crippen LogP contribution in [0.2, 0.25) is 5.02 Å². The number of nitrogen functional groups attached to an aromatic ring is 1. The molecule has 5 heteroatoms. The lowest BCUT2D eigenvalue weighted by molar-refractivity contribution is 0.0683. The van der Waals surface area contributed by atoms with Crippen molar-refractivity contribution in [3.63, 3.8) is 0 Å². The molecule has 0 atom stereocenters. The Hall–Kier alpha value is -1.26. The molecule has 110 valence electrons. The van der Waals surface area contributed by atoms with Gasteiger partial charge < -0.3 is 15.5 Å². The summed E-state index contributed by atoms with van der Waals surface area (Å²) in [5.41, 5.74) is 7.47. The quantitative estimate of drug-likeness (QED) is 0.648. The van der Waals surface area contributed by atoms with Gasteiger partial charge in [-0.2, -0.15) is 0 Å². The van der Waals surface area contributed by atoms with E-state index >= 15 is 0 Å². The molecule has 1 aromatic rings. The summed E-state index contributed by atoms with van der Waals surface area (Å²) in [5.74, 6) is 0.0185. The maximum absolute atomic E-state index is 7.74. The number of benzene rings is 1. The molecule has 0 saturated heterocycles. The molecule has 0 aromatic heterocycles. The largest absolute Gasteiger partial charge is 0.384 e. The van der Waals surface area contributed by atoms with Crippen molar-refractivity contribution in [2.24, 2.45) is 5.73 Å². The maximum Gasteiger partial charge on any atom is 0.126 e. The molecule has 1 aliphatic carbocycles. The number of likely N-dealkylation sites (N-methyl/N-ethyl adjacent to an activating group) is 2. The van der Waals surface area contributed by atoms with Crippen LogP contribution in [0.25, 0.3) is 0 Å². The summed E-state index contributed by atoms with van der Waals surface area (Å²) in [6, 6.07) is 5.66. The number of hydrogen-bond acceptors (Lipinski definition) is 3. The molecule has 0 heterocycles. The van der Waals surface area contributed by atoms with Gasteiger partial charge in [0.15, 0.2) is 0 Å². The van der Waals surface area contributed by atoms with Crippen LogP contribution in [-0.4, -0.2) is 44.0 Å². The first-order chi connectivity index (χ1) is 9.37. The number of amidine groups is 1. The van der Waals surface area contributed by atoms with E-state index in [1.165, 1.54) is 19.3 Å². The molecular formula is C15H23ClN4. The Kier molecular flexibility index (Phi) is 4.25. The van der Waals surface area contributed by atoms with Crippen molar-refractivity contribution in [3.05, 3.63) is 28.8 Å². The fraction of sp³-hybridized carbons (Fsp3) is 0.533. The summed E-state index contributed by atoms with van der Waals surface area (Å²) in [6.45, 7) is 0.917. The number of hydrogen-bond donors (Lipinski definition) is 2. The third-order valence-corrected chi connectivity index (χ3v) is 4.75. The molecule has 2 rings (SSSR count). The molecule has 1 aliphatic rings. The van der Waals surface area contributed by atoms with E-state index in [1.54, 1.807) is 6.07 Å². The standard InChI is InChI=1S/C15H23ClN4/c1-19(2)15(8-5-9-15)10-20(3)12-7-4-6-11(16)13(12)14(17)18/h4,6-7H,5,8-10H2,1-3H3,(H3,17,18). The number of nitrogens with one attached hydrogen (secondary N) is 1. The monoisotopic (exact) mass is 294 g/mol. The molecule has 3 N–H and O–H groups in total. The Labute approximate surface area is 126 Å². The Morgan fingerprint density at radius 3 is 2.45 bits per heavy atom. The van der Waals surface area contributed by atoms with Gasteiger partial charge in [0, 0.05) is 24.8 Å². The maximum atomic E-state index is 7.74. The van der Waals surface area contributed by atoms with Gasteiger partial charge in [0.05, 0.1) is 10.6 Å². The normalized spacial score (nSPS) is 16.9. The van der Waals surface area contributed by atoms with E-state index < -0.39 is 0 Å². The first-order valence-corrected chi connectivity index (χ1v) is 7.27. The highest BCUT2D eigenvalue weighted by atomic mass is 35.5. The smallest absolute Gasteiger partial charge is 0.126 e. The van der Waals surface area contributed by atoms with E-state index in [-0.39, 0.29) is 11.4 Å². The molecule has 0 spiro atoms. The lowest BCUT2D eigenvalue weighted by Crippen LogP contribution is -2.57. The summed E-state index contributed by atoms with van der Waals surface area (Å²) < 4.78 is 0. The number of nitrogens with two attached hydrogens (primary N) is 1. The number of rotatable bonds is 5. The van der Waals surface area contributed by atoms with Gasteiger partial charge in [0.25, 0.3) is 0 Å². The second kappa shape index (κ2) is 5.62. The summed E-state index contributed by atoms with van der Waals surface area (Å²) >= 11 is 6.19. The van der Waals surface area contributed by atoms with Crippen LogP contribution in [0.4, 0.5) is 5.69 Å². The Morgan fingerprint density at radius 2 is 2.00 bits per heavy atom. The van der Waals surface area contributed by atoms with E-state index in [1.807, 2.05) is 19.2 Å². The van der Waals surface area contributed by atoms with Gasteiger partial charge in [-0.05, 0) is 45.5 Å². The third-order valence-electron chi connectivity index (χ3n) is 4.44. The first-order valence-electron chi connectivity index (χ1n) is 6.89. The van der Waals surface area contributed by atoms with Crippen molar-refractivity contribution >= 4 is 23.1 Å². The highest BCUT2D eigenvalue weighted by Crippen LogP contribution is 2.38. The van der Waals surface area contributed by atoms with Crippen LogP contribution in [0, 0.1) is 5.41 Å². The summed E-state index contributed by atoms with van der Waals surface area (Å²) in [4.78, 5) is 4.48. The summed E-state index contributed by atoms with van der Waals surface area (Å²) in [5, 5.41) is 8.28. The minimum absolute atomic E-state index is 0.0185. The van der Waals surface area contributed by atoms with Gasteiger partial charge in [-0.1, -0.05) is 17.7 Å². The molecule has 0 aliphatic heterocycles. The molecule has 1 saturated carbocycles. The average Bonchev–Trinajstić information content (AvgIpc) is 2.32. The van der Waals surface area contributed by atoms with Crippen molar-refractivity contribution in [1.29, 1.82) is 5.41 Å². The minimum atomic E-state index is 0.0185. The van der Waals surface area contributed by atoms with Gasteiger partial charge in [-0.15, -0.1) is 0 Å². The Balaban J connectivity index is 2.28. The van der Waals surface area contributed by atoms with Crippen molar-refractivity contribution in [2.75, 3.05) is 32.6 Å². The zero-order chi connectivity index (χ0) is 14.9. The van der Waals surface area contributed by atoms with Crippen LogP contribution >= 0.6 is 11.6 Å². The van der Waals surface area contributed by atoms with E-state index in [2.05, 4.69) is 23.9 Å². The average molecular weight is 295 g/mol. The van der Waals surface area contributed by atoms with Crippen LogP contribution in [0.1, 0.15) is 24.8 Å². The van der Waals surface area contributed by atoms with Crippen molar-refractivity contribution < 1.29 is 0 Å². The molecule has 4 nitrogen and oxygen atoms in total. The lowest BCUT2D eigenvalue weighted by atomic mass is 9.75. The molecule has 0 amide bonds.